The van der Waals surface area contributed by atoms with Crippen LogP contribution in [0.5, 0.6) is 5.88 Å². The topological polar surface area (TPSA) is 27.1 Å². The second-order valence-electron chi connectivity index (χ2n) is 2.30. The Balaban J connectivity index is 2.78. The molecule has 0 aliphatic rings. The van der Waals surface area contributed by atoms with Crippen molar-refractivity contribution in [2.45, 2.75) is 13.0 Å². The van der Waals surface area contributed by atoms with E-state index in [-0.39, 0.29) is 6.61 Å². The van der Waals surface area contributed by atoms with Crippen molar-refractivity contribution in [2.75, 3.05) is 6.61 Å². The van der Waals surface area contributed by atoms with Crippen molar-refractivity contribution in [1.82, 2.24) is 9.78 Å². The minimum Gasteiger partial charge on any atom is -0.463 e. The van der Waals surface area contributed by atoms with E-state index in [0.717, 1.165) is 0 Å². The van der Waals surface area contributed by atoms with Crippen molar-refractivity contribution < 1.29 is 17.9 Å². The van der Waals surface area contributed by atoms with Gasteiger partial charge in [0.05, 0.1) is 0 Å². The average Bonchev–Trinajstić information content (AvgIpc) is 2.44. The fraction of sp³-hybridized carbons (Fsp3) is 0.375. The van der Waals surface area contributed by atoms with Gasteiger partial charge in [-0.2, -0.15) is 9.49 Å². The predicted molar refractivity (Wildman–Crippen MR) is 41.4 cm³/mol. The maximum atomic E-state index is 12.8. The average molecular weight is 203 g/mol. The van der Waals surface area contributed by atoms with Crippen LogP contribution in [0.2, 0.25) is 0 Å². The van der Waals surface area contributed by atoms with Crippen LogP contribution in [0, 0.1) is 24.4 Å². The van der Waals surface area contributed by atoms with Crippen molar-refractivity contribution in [3.05, 3.63) is 12.0 Å². The van der Waals surface area contributed by atoms with Gasteiger partial charge in [-0.25, -0.2) is 13.5 Å². The molecule has 0 N–H and O–H groups in total. The molecule has 14 heavy (non-hydrogen) atoms. The lowest BCUT2D eigenvalue weighted by Crippen LogP contribution is -2.11. The molecule has 0 amide bonds. The first-order chi connectivity index (χ1) is 6.65. The summed E-state index contributed by atoms with van der Waals surface area (Å²) in [5, 5.41) is 3.25. The molecule has 0 fully saturated rings. The highest BCUT2D eigenvalue weighted by molar-refractivity contribution is 5.11. The summed E-state index contributed by atoms with van der Waals surface area (Å²) in [4.78, 5) is 0. The molecule has 0 atom stereocenters. The maximum Gasteiger partial charge on any atom is 0.258 e. The minimum atomic E-state index is -2.64. The van der Waals surface area contributed by atoms with Gasteiger partial charge in [-0.1, -0.05) is 5.92 Å². The van der Waals surface area contributed by atoms with Crippen LogP contribution in [0.1, 0.15) is 0 Å². The Bertz CT molecular complexity index is 343. The molecule has 0 aromatic carbocycles. The van der Waals surface area contributed by atoms with Crippen molar-refractivity contribution in [1.29, 1.82) is 0 Å². The zero-order valence-electron chi connectivity index (χ0n) is 7.01. The van der Waals surface area contributed by atoms with Gasteiger partial charge in [-0.3, -0.25) is 0 Å². The van der Waals surface area contributed by atoms with E-state index >= 15 is 0 Å². The molecule has 1 aromatic rings. The largest absolute Gasteiger partial charge is 0.463 e. The molecule has 0 aliphatic carbocycles. The monoisotopic (exact) mass is 203 g/mol. The Labute approximate surface area is 78.5 Å². The molecule has 0 bridgehead atoms. The van der Waals surface area contributed by atoms with Crippen molar-refractivity contribution >= 4 is 0 Å². The Morgan fingerprint density at radius 3 is 2.93 bits per heavy atom. The second-order valence-corrected chi connectivity index (χ2v) is 2.30. The molecule has 0 unspecified atom stereocenters. The van der Waals surface area contributed by atoms with Crippen LogP contribution in [-0.2, 0) is 6.54 Å². The van der Waals surface area contributed by atoms with E-state index in [2.05, 4.69) is 15.8 Å². The smallest absolute Gasteiger partial charge is 0.258 e. The summed E-state index contributed by atoms with van der Waals surface area (Å²) in [6, 6.07) is 0. The summed E-state index contributed by atoms with van der Waals surface area (Å²) in [6.45, 7) is -0.958. The number of hydrogen-bond acceptors (Lipinski definition) is 2. The van der Waals surface area contributed by atoms with Crippen LogP contribution in [0.25, 0.3) is 0 Å². The zero-order valence-corrected chi connectivity index (χ0v) is 7.01. The van der Waals surface area contributed by atoms with Crippen molar-refractivity contribution in [3.8, 4) is 18.2 Å². The number of hydrogen-bond donors (Lipinski definition) is 0. The van der Waals surface area contributed by atoms with Crippen molar-refractivity contribution in [2.24, 2.45) is 0 Å². The third-order valence-electron chi connectivity index (χ3n) is 1.29. The Morgan fingerprint density at radius 1 is 1.64 bits per heavy atom. The number of alkyl halides is 2. The third-order valence-corrected chi connectivity index (χ3v) is 1.29. The molecule has 1 aromatic heterocycles. The summed E-state index contributed by atoms with van der Waals surface area (Å²) in [7, 11) is 0. The first-order valence-corrected chi connectivity index (χ1v) is 3.63. The van der Waals surface area contributed by atoms with Gasteiger partial charge in [0, 0.05) is 0 Å². The van der Waals surface area contributed by atoms with Gasteiger partial charge in [0.15, 0.2) is 12.8 Å². The van der Waals surface area contributed by atoms with Gasteiger partial charge in [0.25, 0.3) is 12.3 Å². The van der Waals surface area contributed by atoms with E-state index < -0.39 is 24.7 Å². The van der Waals surface area contributed by atoms with E-state index in [9.17, 15) is 13.2 Å². The van der Waals surface area contributed by atoms with Crippen LogP contribution >= 0.6 is 0 Å². The van der Waals surface area contributed by atoms with Gasteiger partial charge in [0.2, 0.25) is 5.82 Å². The maximum absolute atomic E-state index is 12.8. The second kappa shape index (κ2) is 4.56. The fourth-order valence-corrected chi connectivity index (χ4v) is 0.813. The molecular formula is C8H6F3N2O. The molecule has 3 nitrogen and oxygen atoms in total. The van der Waals surface area contributed by atoms with E-state index in [0.29, 0.717) is 4.68 Å². The van der Waals surface area contributed by atoms with Crippen molar-refractivity contribution in [3.63, 3.8) is 0 Å². The Morgan fingerprint density at radius 2 is 2.36 bits per heavy atom. The normalized spacial score (nSPS) is 10.2. The molecule has 6 heteroatoms. The number of nitrogens with zero attached hydrogens (tertiary/aromatic N) is 2. The molecule has 0 aliphatic heterocycles. The molecule has 1 rings (SSSR count). The van der Waals surface area contributed by atoms with Gasteiger partial charge in [0.1, 0.15) is 6.54 Å². The summed E-state index contributed by atoms with van der Waals surface area (Å²) >= 11 is 0. The van der Waals surface area contributed by atoms with E-state index in [1.165, 1.54) is 0 Å². The fourth-order valence-electron chi connectivity index (χ4n) is 0.813. The predicted octanol–water partition coefficient (Wildman–Crippen LogP) is 1.10. The van der Waals surface area contributed by atoms with Gasteiger partial charge < -0.3 is 4.74 Å². The minimum absolute atomic E-state index is 0.209. The Kier molecular flexibility index (Phi) is 3.40. The van der Waals surface area contributed by atoms with Crippen LogP contribution in [0.15, 0.2) is 0 Å². The van der Waals surface area contributed by atoms with E-state index in [1.807, 2.05) is 6.20 Å². The summed E-state index contributed by atoms with van der Waals surface area (Å²) in [6.07, 6.45) is 4.09. The summed E-state index contributed by atoms with van der Waals surface area (Å²) < 4.78 is 42.0. The highest BCUT2D eigenvalue weighted by atomic mass is 19.3. The van der Waals surface area contributed by atoms with Crippen LogP contribution in [0.4, 0.5) is 13.2 Å². The number of terminal acetylenes is 1. The van der Waals surface area contributed by atoms with E-state index in [4.69, 9.17) is 6.42 Å². The number of rotatable bonds is 4. The quantitative estimate of drug-likeness (QED) is 0.685. The van der Waals surface area contributed by atoms with Crippen LogP contribution in [0.3, 0.4) is 0 Å². The third kappa shape index (κ3) is 2.42. The van der Waals surface area contributed by atoms with E-state index in [1.54, 1.807) is 0 Å². The lowest BCUT2D eigenvalue weighted by molar-refractivity contribution is 0.116. The number of ether oxygens (including phenoxy) is 1. The first kappa shape index (κ1) is 10.4. The molecular weight excluding hydrogens is 197 g/mol. The number of aromatic nitrogens is 2. The molecule has 0 saturated carbocycles. The first-order valence-electron chi connectivity index (χ1n) is 3.63. The Hall–Kier alpha value is -1.64. The molecule has 0 saturated heterocycles. The van der Waals surface area contributed by atoms with Gasteiger partial charge in [-0.05, 0) is 0 Å². The van der Waals surface area contributed by atoms with Crippen LogP contribution in [-0.4, -0.2) is 22.8 Å². The summed E-state index contributed by atoms with van der Waals surface area (Å²) in [5.41, 5.74) is 0. The SMILES string of the molecule is C#CCOc1c(F)[c]nn1CC(F)F. The van der Waals surface area contributed by atoms with Crippen LogP contribution < -0.4 is 4.74 Å². The number of halogens is 3. The zero-order chi connectivity index (χ0) is 10.6. The standard InChI is InChI=1S/C8H6F3N2O/c1-2-3-14-8-6(9)4-12-13(8)5-7(10)11/h1,7H,3,5H2. The molecule has 0 spiro atoms. The van der Waals surface area contributed by atoms with Gasteiger partial charge >= 0.3 is 0 Å². The molecule has 1 heterocycles. The summed E-state index contributed by atoms with van der Waals surface area (Å²) in [5.74, 6) is 0.739. The van der Waals surface area contributed by atoms with Gasteiger partial charge in [-0.15, -0.1) is 6.42 Å². The lowest BCUT2D eigenvalue weighted by atomic mass is 10.6. The molecule has 1 radical (unpaired) electrons. The highest BCUT2D eigenvalue weighted by Gasteiger charge is 2.15. The lowest BCUT2D eigenvalue weighted by Gasteiger charge is -2.05. The highest BCUT2D eigenvalue weighted by Crippen LogP contribution is 2.16. The molecule has 75 valence electrons.